The van der Waals surface area contributed by atoms with E-state index in [0.29, 0.717) is 26.2 Å². The molecular weight excluding hydrogens is 281 g/mol. The van der Waals surface area contributed by atoms with Crippen LogP contribution in [0.2, 0.25) is 0 Å². The number of pyridine rings is 1. The van der Waals surface area contributed by atoms with Crippen LogP contribution in [0.3, 0.4) is 0 Å². The lowest BCUT2D eigenvalue weighted by atomic mass is 10.1. The Bertz CT molecular complexity index is 682. The Morgan fingerprint density at radius 3 is 2.50 bits per heavy atom. The Hall–Kier alpha value is -2.17. The van der Waals surface area contributed by atoms with E-state index in [0.717, 1.165) is 16.5 Å². The summed E-state index contributed by atoms with van der Waals surface area (Å²) in [5.41, 5.74) is -0.729. The summed E-state index contributed by atoms with van der Waals surface area (Å²) in [5.74, 6) is -0.428. The predicted molar refractivity (Wildman–Crippen MR) is 85.7 cm³/mol. The Labute approximate surface area is 129 Å². The number of hydrogen-bond donors (Lipinski definition) is 0. The van der Waals surface area contributed by atoms with E-state index in [-0.39, 0.29) is 0 Å². The summed E-state index contributed by atoms with van der Waals surface area (Å²) in [6.07, 6.45) is 3.71. The van der Waals surface area contributed by atoms with Gasteiger partial charge in [-0.2, -0.15) is 0 Å². The number of halogens is 1. The van der Waals surface area contributed by atoms with Crippen LogP contribution in [0.1, 0.15) is 13.8 Å². The quantitative estimate of drug-likeness (QED) is 0.855. The predicted octanol–water partition coefficient (Wildman–Crippen LogP) is 2.63. The van der Waals surface area contributed by atoms with Gasteiger partial charge in [0.2, 0.25) is 0 Å². The minimum absolute atomic E-state index is 0.428. The highest BCUT2D eigenvalue weighted by molar-refractivity contribution is 5.93. The van der Waals surface area contributed by atoms with Crippen molar-refractivity contribution in [2.24, 2.45) is 0 Å². The second-order valence-electron chi connectivity index (χ2n) is 6.13. The highest BCUT2D eigenvalue weighted by Crippen LogP contribution is 2.26. The maximum absolute atomic E-state index is 13.8. The van der Waals surface area contributed by atoms with Gasteiger partial charge in [-0.1, -0.05) is 24.3 Å². The van der Waals surface area contributed by atoms with Crippen LogP contribution in [0.5, 0.6) is 0 Å². The topological polar surface area (TPSA) is 36.4 Å². The molecule has 22 heavy (non-hydrogen) atoms. The highest BCUT2D eigenvalue weighted by atomic mass is 19.1. The third-order valence-corrected chi connectivity index (χ3v) is 4.06. The number of piperazine rings is 1. The van der Waals surface area contributed by atoms with Crippen molar-refractivity contribution in [1.29, 1.82) is 0 Å². The third kappa shape index (κ3) is 2.75. The van der Waals surface area contributed by atoms with E-state index in [4.69, 9.17) is 0 Å². The Morgan fingerprint density at radius 2 is 1.82 bits per heavy atom. The molecule has 0 radical (unpaired) electrons. The molecule has 4 nitrogen and oxygen atoms in total. The molecule has 2 aromatic rings. The summed E-state index contributed by atoms with van der Waals surface area (Å²) in [6, 6.07) is 8.12. The van der Waals surface area contributed by atoms with Crippen LogP contribution in [0, 0.1) is 0 Å². The Kier molecular flexibility index (Phi) is 3.72. The van der Waals surface area contributed by atoms with Crippen molar-refractivity contribution in [2.75, 3.05) is 31.1 Å². The smallest absolute Gasteiger partial charge is 0.259 e. The molecule has 116 valence electrons. The second-order valence-corrected chi connectivity index (χ2v) is 6.13. The number of alkyl halides is 1. The summed E-state index contributed by atoms with van der Waals surface area (Å²) in [7, 11) is 0. The van der Waals surface area contributed by atoms with Crippen LogP contribution in [0.25, 0.3) is 10.8 Å². The number of amides is 1. The van der Waals surface area contributed by atoms with Crippen LogP contribution in [-0.2, 0) is 4.79 Å². The van der Waals surface area contributed by atoms with Crippen molar-refractivity contribution >= 4 is 22.4 Å². The number of carbonyl (C=O) groups excluding carboxylic acids is 1. The first kappa shape index (κ1) is 14.8. The molecule has 0 spiro atoms. The molecule has 0 unspecified atom stereocenters. The molecule has 1 saturated heterocycles. The van der Waals surface area contributed by atoms with E-state index in [9.17, 15) is 9.18 Å². The standard InChI is InChI=1S/C17H20FN3O/c1-17(2,18)16(22)21-9-7-20(8-10-21)15-12-19-11-13-5-3-4-6-14(13)15/h3-6,11-12H,7-10H2,1-2H3. The third-order valence-electron chi connectivity index (χ3n) is 4.06. The number of hydrogen-bond acceptors (Lipinski definition) is 3. The van der Waals surface area contributed by atoms with Gasteiger partial charge in [0, 0.05) is 43.1 Å². The van der Waals surface area contributed by atoms with Gasteiger partial charge in [0.05, 0.1) is 11.9 Å². The minimum atomic E-state index is -1.80. The normalized spacial score (nSPS) is 16.1. The van der Waals surface area contributed by atoms with E-state index < -0.39 is 11.6 Å². The van der Waals surface area contributed by atoms with Gasteiger partial charge in [0.15, 0.2) is 5.67 Å². The first-order valence-corrected chi connectivity index (χ1v) is 7.53. The van der Waals surface area contributed by atoms with Crippen LogP contribution < -0.4 is 4.90 Å². The van der Waals surface area contributed by atoms with Crippen LogP contribution >= 0.6 is 0 Å². The molecule has 1 amide bonds. The number of aromatic nitrogens is 1. The van der Waals surface area contributed by atoms with Gasteiger partial charge in [0.25, 0.3) is 5.91 Å². The van der Waals surface area contributed by atoms with Gasteiger partial charge in [-0.25, -0.2) is 4.39 Å². The number of fused-ring (bicyclic) bond motifs is 1. The molecular formula is C17H20FN3O. The summed E-state index contributed by atoms with van der Waals surface area (Å²) >= 11 is 0. The van der Waals surface area contributed by atoms with E-state index in [1.807, 2.05) is 30.6 Å². The maximum Gasteiger partial charge on any atom is 0.259 e. The molecule has 3 rings (SSSR count). The van der Waals surface area contributed by atoms with Gasteiger partial charge in [-0.3, -0.25) is 9.78 Å². The van der Waals surface area contributed by atoms with Gasteiger partial charge in [-0.15, -0.1) is 0 Å². The zero-order valence-electron chi connectivity index (χ0n) is 12.9. The Morgan fingerprint density at radius 1 is 1.14 bits per heavy atom. The molecule has 5 heteroatoms. The molecule has 1 fully saturated rings. The molecule has 1 aliphatic rings. The number of benzene rings is 1. The van der Waals surface area contributed by atoms with Crippen LogP contribution in [-0.4, -0.2) is 47.6 Å². The molecule has 0 atom stereocenters. The number of nitrogens with zero attached hydrogens (tertiary/aromatic N) is 3. The van der Waals surface area contributed by atoms with E-state index in [1.54, 1.807) is 4.90 Å². The van der Waals surface area contributed by atoms with Gasteiger partial charge in [-0.05, 0) is 13.8 Å². The monoisotopic (exact) mass is 301 g/mol. The lowest BCUT2D eigenvalue weighted by molar-refractivity contribution is -0.142. The van der Waals surface area contributed by atoms with Crippen molar-refractivity contribution in [2.45, 2.75) is 19.5 Å². The molecule has 0 bridgehead atoms. The van der Waals surface area contributed by atoms with Crippen molar-refractivity contribution < 1.29 is 9.18 Å². The van der Waals surface area contributed by atoms with Gasteiger partial charge in [0.1, 0.15) is 0 Å². The fourth-order valence-electron chi connectivity index (χ4n) is 2.88. The number of anilines is 1. The molecule has 2 heterocycles. The maximum atomic E-state index is 13.8. The van der Waals surface area contributed by atoms with Gasteiger partial charge < -0.3 is 9.80 Å². The largest absolute Gasteiger partial charge is 0.366 e. The molecule has 1 aliphatic heterocycles. The number of rotatable bonds is 2. The summed E-state index contributed by atoms with van der Waals surface area (Å²) in [4.78, 5) is 20.1. The fraction of sp³-hybridized carbons (Fsp3) is 0.412. The first-order valence-electron chi connectivity index (χ1n) is 7.53. The van der Waals surface area contributed by atoms with E-state index in [2.05, 4.69) is 16.0 Å². The lowest BCUT2D eigenvalue weighted by Crippen LogP contribution is -2.53. The molecule has 0 aliphatic carbocycles. The second kappa shape index (κ2) is 5.55. The van der Waals surface area contributed by atoms with E-state index in [1.165, 1.54) is 13.8 Å². The zero-order valence-corrected chi connectivity index (χ0v) is 12.9. The van der Waals surface area contributed by atoms with Crippen molar-refractivity contribution in [3.05, 3.63) is 36.7 Å². The fourth-order valence-corrected chi connectivity index (χ4v) is 2.88. The van der Waals surface area contributed by atoms with Crippen molar-refractivity contribution in [3.8, 4) is 0 Å². The molecule has 1 aromatic heterocycles. The zero-order chi connectivity index (χ0) is 15.7. The molecule has 1 aromatic carbocycles. The molecule has 0 N–H and O–H groups in total. The minimum Gasteiger partial charge on any atom is -0.366 e. The average molecular weight is 301 g/mol. The number of carbonyl (C=O) groups is 1. The summed E-state index contributed by atoms with van der Waals surface area (Å²) < 4.78 is 13.8. The van der Waals surface area contributed by atoms with E-state index >= 15 is 0 Å². The average Bonchev–Trinajstić information content (AvgIpc) is 2.53. The Balaban J connectivity index is 1.78. The SMILES string of the molecule is CC(C)(F)C(=O)N1CCN(c2cncc3ccccc23)CC1. The van der Waals surface area contributed by atoms with Gasteiger partial charge >= 0.3 is 0 Å². The summed E-state index contributed by atoms with van der Waals surface area (Å²) in [6.45, 7) is 5.09. The molecule has 0 saturated carbocycles. The highest BCUT2D eigenvalue weighted by Gasteiger charge is 2.33. The van der Waals surface area contributed by atoms with Crippen LogP contribution in [0.15, 0.2) is 36.7 Å². The van der Waals surface area contributed by atoms with Crippen LogP contribution in [0.4, 0.5) is 10.1 Å². The van der Waals surface area contributed by atoms with Crippen molar-refractivity contribution in [1.82, 2.24) is 9.88 Å². The summed E-state index contributed by atoms with van der Waals surface area (Å²) in [5, 5.41) is 2.26. The first-order chi connectivity index (χ1) is 10.5. The lowest BCUT2D eigenvalue weighted by Gasteiger charge is -2.38. The van der Waals surface area contributed by atoms with Crippen molar-refractivity contribution in [3.63, 3.8) is 0 Å².